The number of nitrogens with zero attached hydrogens (tertiary/aromatic N) is 1. The van der Waals surface area contributed by atoms with Crippen molar-refractivity contribution in [3.63, 3.8) is 0 Å². The molecule has 0 saturated carbocycles. The van der Waals surface area contributed by atoms with Crippen LogP contribution in [-0.2, 0) is 6.54 Å². The zero-order valence-electron chi connectivity index (χ0n) is 11.9. The van der Waals surface area contributed by atoms with Gasteiger partial charge in [0.15, 0.2) is 5.78 Å². The van der Waals surface area contributed by atoms with Crippen molar-refractivity contribution in [2.75, 3.05) is 6.61 Å². The average molecular weight is 350 g/mol. The van der Waals surface area contributed by atoms with Gasteiger partial charge in [-0.15, -0.1) is 0 Å². The van der Waals surface area contributed by atoms with Gasteiger partial charge in [0, 0.05) is 16.2 Å². The van der Waals surface area contributed by atoms with Gasteiger partial charge in [0.05, 0.1) is 12.1 Å². The van der Waals surface area contributed by atoms with E-state index in [1.165, 1.54) is 6.92 Å². The molecule has 0 aliphatic rings. The van der Waals surface area contributed by atoms with E-state index in [1.54, 1.807) is 42.0 Å². The molecule has 0 aliphatic heterocycles. The number of aryl methyl sites for hydroxylation is 1. The lowest BCUT2D eigenvalue weighted by Crippen LogP contribution is -2.24. The van der Waals surface area contributed by atoms with Gasteiger partial charge in [-0.3, -0.25) is 9.59 Å². The molecule has 1 heterocycles. The Labute approximate surface area is 131 Å². The molecule has 0 atom stereocenters. The summed E-state index contributed by atoms with van der Waals surface area (Å²) in [6.45, 7) is 4.02. The predicted octanol–water partition coefficient (Wildman–Crippen LogP) is 3.20. The van der Waals surface area contributed by atoms with Gasteiger partial charge in [0.25, 0.3) is 5.56 Å². The van der Waals surface area contributed by atoms with Crippen LogP contribution in [-0.4, -0.2) is 17.0 Å². The van der Waals surface area contributed by atoms with Crippen LogP contribution in [0.4, 0.5) is 0 Å². The van der Waals surface area contributed by atoms with E-state index in [1.807, 2.05) is 6.07 Å². The van der Waals surface area contributed by atoms with Crippen LogP contribution in [0.15, 0.2) is 45.8 Å². The van der Waals surface area contributed by atoms with Crippen LogP contribution in [0.5, 0.6) is 5.75 Å². The van der Waals surface area contributed by atoms with E-state index in [4.69, 9.17) is 4.74 Å². The van der Waals surface area contributed by atoms with Gasteiger partial charge in [-0.25, -0.2) is 0 Å². The molecule has 0 spiro atoms. The molecule has 110 valence electrons. The average Bonchev–Trinajstić information content (AvgIpc) is 2.44. The number of halogens is 1. The standard InChI is InChI=1S/C16H16BrNO3/c1-11-9-13(17)10-18(16(11)20)7-8-21-15-6-4-3-5-14(15)12(2)19/h3-6,9-10H,7-8H2,1-2H3. The summed E-state index contributed by atoms with van der Waals surface area (Å²) in [6, 6.07) is 8.88. The molecule has 0 bridgehead atoms. The van der Waals surface area contributed by atoms with Crippen molar-refractivity contribution in [1.29, 1.82) is 0 Å². The monoisotopic (exact) mass is 349 g/mol. The Morgan fingerprint density at radius 3 is 2.76 bits per heavy atom. The summed E-state index contributed by atoms with van der Waals surface area (Å²) in [4.78, 5) is 23.5. The number of rotatable bonds is 5. The number of carbonyl (C=O) groups excluding carboxylic acids is 1. The number of Topliss-reactive ketones (excluding diaryl/α,β-unsaturated/α-hetero) is 1. The molecule has 0 radical (unpaired) electrons. The minimum absolute atomic E-state index is 0.0401. The van der Waals surface area contributed by atoms with Crippen molar-refractivity contribution in [2.45, 2.75) is 20.4 Å². The molecule has 0 amide bonds. The molecule has 1 aromatic heterocycles. The van der Waals surface area contributed by atoms with Gasteiger partial charge in [-0.1, -0.05) is 12.1 Å². The van der Waals surface area contributed by atoms with Crippen LogP contribution in [0.1, 0.15) is 22.8 Å². The van der Waals surface area contributed by atoms with Gasteiger partial charge in [0.2, 0.25) is 0 Å². The van der Waals surface area contributed by atoms with E-state index >= 15 is 0 Å². The van der Waals surface area contributed by atoms with Crippen molar-refractivity contribution >= 4 is 21.7 Å². The van der Waals surface area contributed by atoms with Crippen LogP contribution >= 0.6 is 15.9 Å². The molecule has 0 aliphatic carbocycles. The predicted molar refractivity (Wildman–Crippen MR) is 85.1 cm³/mol. The van der Waals surface area contributed by atoms with E-state index in [0.717, 1.165) is 4.47 Å². The van der Waals surface area contributed by atoms with Crippen molar-refractivity contribution < 1.29 is 9.53 Å². The molecule has 0 fully saturated rings. The zero-order valence-corrected chi connectivity index (χ0v) is 13.5. The van der Waals surface area contributed by atoms with Crippen LogP contribution in [0, 0.1) is 6.92 Å². The third-order valence-electron chi connectivity index (χ3n) is 3.09. The minimum Gasteiger partial charge on any atom is -0.491 e. The van der Waals surface area contributed by atoms with E-state index < -0.39 is 0 Å². The lowest BCUT2D eigenvalue weighted by Gasteiger charge is -2.11. The first-order chi connectivity index (χ1) is 9.99. The summed E-state index contributed by atoms with van der Waals surface area (Å²) in [5, 5.41) is 0. The SMILES string of the molecule is CC(=O)c1ccccc1OCCn1cc(Br)cc(C)c1=O. The van der Waals surface area contributed by atoms with Gasteiger partial charge >= 0.3 is 0 Å². The lowest BCUT2D eigenvalue weighted by atomic mass is 10.1. The number of hydrogen-bond acceptors (Lipinski definition) is 3. The number of hydrogen-bond donors (Lipinski definition) is 0. The summed E-state index contributed by atoms with van der Waals surface area (Å²) >= 11 is 3.37. The third-order valence-corrected chi connectivity index (χ3v) is 3.52. The molecular formula is C16H16BrNO3. The molecule has 0 saturated heterocycles. The van der Waals surface area contributed by atoms with Crippen molar-refractivity contribution in [2.24, 2.45) is 0 Å². The fourth-order valence-corrected chi connectivity index (χ4v) is 2.63. The first kappa shape index (κ1) is 15.5. The largest absolute Gasteiger partial charge is 0.491 e. The van der Waals surface area contributed by atoms with Crippen molar-refractivity contribution in [1.82, 2.24) is 4.57 Å². The molecule has 1 aromatic carbocycles. The molecule has 5 heteroatoms. The fourth-order valence-electron chi connectivity index (χ4n) is 2.04. The highest BCUT2D eigenvalue weighted by atomic mass is 79.9. The van der Waals surface area contributed by atoms with Gasteiger partial charge in [-0.2, -0.15) is 0 Å². The van der Waals surface area contributed by atoms with Gasteiger partial charge in [0.1, 0.15) is 12.4 Å². The summed E-state index contributed by atoms with van der Waals surface area (Å²) in [7, 11) is 0. The third kappa shape index (κ3) is 3.82. The highest BCUT2D eigenvalue weighted by Crippen LogP contribution is 2.18. The second-order valence-corrected chi connectivity index (χ2v) is 5.66. The number of aromatic nitrogens is 1. The molecule has 2 rings (SSSR count). The van der Waals surface area contributed by atoms with Gasteiger partial charge in [-0.05, 0) is 48.0 Å². The van der Waals surface area contributed by atoms with E-state index in [9.17, 15) is 9.59 Å². The summed E-state index contributed by atoms with van der Waals surface area (Å²) in [5.41, 5.74) is 1.19. The Kier molecular flexibility index (Phi) is 4.96. The number of ketones is 1. The Bertz CT molecular complexity index is 722. The second kappa shape index (κ2) is 6.72. The topological polar surface area (TPSA) is 48.3 Å². The van der Waals surface area contributed by atoms with Crippen LogP contribution in [0.2, 0.25) is 0 Å². The second-order valence-electron chi connectivity index (χ2n) is 4.74. The number of ether oxygens (including phenoxy) is 1. The lowest BCUT2D eigenvalue weighted by molar-refractivity contribution is 0.101. The van der Waals surface area contributed by atoms with Crippen molar-refractivity contribution in [3.05, 3.63) is 62.5 Å². The Balaban J connectivity index is 2.09. The first-order valence-corrected chi connectivity index (χ1v) is 7.37. The van der Waals surface area contributed by atoms with Gasteiger partial charge < -0.3 is 9.30 Å². The maximum atomic E-state index is 12.0. The maximum absolute atomic E-state index is 12.0. The molecule has 0 unspecified atom stereocenters. The van der Waals surface area contributed by atoms with Crippen LogP contribution in [0.3, 0.4) is 0 Å². The first-order valence-electron chi connectivity index (χ1n) is 6.58. The van der Waals surface area contributed by atoms with E-state index in [-0.39, 0.29) is 11.3 Å². The van der Waals surface area contributed by atoms with Crippen molar-refractivity contribution in [3.8, 4) is 5.75 Å². The zero-order chi connectivity index (χ0) is 15.4. The molecular weight excluding hydrogens is 334 g/mol. The summed E-state index contributed by atoms with van der Waals surface area (Å²) < 4.78 is 8.08. The Hall–Kier alpha value is -1.88. The fraction of sp³-hybridized carbons (Fsp3) is 0.250. The normalized spacial score (nSPS) is 10.4. The highest BCUT2D eigenvalue weighted by Gasteiger charge is 2.08. The summed E-state index contributed by atoms with van der Waals surface area (Å²) in [5.74, 6) is 0.505. The number of pyridine rings is 1. The van der Waals surface area contributed by atoms with E-state index in [0.29, 0.717) is 30.0 Å². The highest BCUT2D eigenvalue weighted by molar-refractivity contribution is 9.10. The number of benzene rings is 1. The Morgan fingerprint density at radius 2 is 2.05 bits per heavy atom. The van der Waals surface area contributed by atoms with Crippen LogP contribution in [0.25, 0.3) is 0 Å². The maximum Gasteiger partial charge on any atom is 0.253 e. The van der Waals surface area contributed by atoms with E-state index in [2.05, 4.69) is 15.9 Å². The molecule has 4 nitrogen and oxygen atoms in total. The Morgan fingerprint density at radius 1 is 1.33 bits per heavy atom. The molecule has 21 heavy (non-hydrogen) atoms. The smallest absolute Gasteiger partial charge is 0.253 e. The molecule has 0 N–H and O–H groups in total. The minimum atomic E-state index is -0.0407. The number of carbonyl (C=O) groups is 1. The van der Waals surface area contributed by atoms with Crippen LogP contribution < -0.4 is 10.3 Å². The summed E-state index contributed by atoms with van der Waals surface area (Å²) in [6.07, 6.45) is 1.73. The quantitative estimate of drug-likeness (QED) is 0.778. The number of para-hydroxylation sites is 1. The molecule has 2 aromatic rings.